The summed E-state index contributed by atoms with van der Waals surface area (Å²) in [6.07, 6.45) is 1.53. The molecule has 0 aliphatic carbocycles. The number of rotatable bonds is 3. The van der Waals surface area contributed by atoms with E-state index in [-0.39, 0.29) is 17.2 Å². The van der Waals surface area contributed by atoms with Crippen LogP contribution in [0.1, 0.15) is 10.5 Å². The average Bonchev–Trinajstić information content (AvgIpc) is 3.19. The first-order valence-corrected chi connectivity index (χ1v) is 8.93. The van der Waals surface area contributed by atoms with Gasteiger partial charge in [-0.1, -0.05) is 16.8 Å². The summed E-state index contributed by atoms with van der Waals surface area (Å²) >= 11 is 5.93. The summed E-state index contributed by atoms with van der Waals surface area (Å²) < 4.78 is 5.26. The lowest BCUT2D eigenvalue weighted by atomic mass is 10.2. The van der Waals surface area contributed by atoms with E-state index in [0.717, 1.165) is 18.8 Å². The average molecular weight is 385 g/mol. The van der Waals surface area contributed by atoms with E-state index < -0.39 is 0 Å². The predicted molar refractivity (Wildman–Crippen MR) is 102 cm³/mol. The molecule has 0 atom stereocenters. The van der Waals surface area contributed by atoms with Crippen LogP contribution >= 0.6 is 11.6 Å². The number of nitrogens with zero attached hydrogens (tertiary/aromatic N) is 3. The number of aromatic nitrogens is 2. The monoisotopic (exact) mass is 384 g/mol. The van der Waals surface area contributed by atoms with E-state index in [0.29, 0.717) is 29.4 Å². The molecule has 2 aromatic heterocycles. The lowest BCUT2D eigenvalue weighted by Crippen LogP contribution is -2.48. The van der Waals surface area contributed by atoms with Gasteiger partial charge in [-0.25, -0.2) is 0 Å². The lowest BCUT2D eigenvalue weighted by molar-refractivity contribution is 0.0736. The molecule has 1 fully saturated rings. The predicted octanol–water partition coefficient (Wildman–Crippen LogP) is 2.65. The van der Waals surface area contributed by atoms with Crippen LogP contribution in [0, 0.1) is 0 Å². The highest BCUT2D eigenvalue weighted by Gasteiger charge is 2.25. The van der Waals surface area contributed by atoms with Gasteiger partial charge in [-0.15, -0.1) is 0 Å². The summed E-state index contributed by atoms with van der Waals surface area (Å²) in [6, 6.07) is 12.3. The third-order valence-electron chi connectivity index (χ3n) is 4.56. The molecule has 27 heavy (non-hydrogen) atoms. The maximum Gasteiger partial charge on any atom is 0.276 e. The second kappa shape index (κ2) is 7.28. The third-order valence-corrected chi connectivity index (χ3v) is 4.81. The van der Waals surface area contributed by atoms with Crippen molar-refractivity contribution in [1.82, 2.24) is 15.0 Å². The van der Waals surface area contributed by atoms with E-state index in [1.165, 1.54) is 12.3 Å². The van der Waals surface area contributed by atoms with E-state index in [9.17, 15) is 9.59 Å². The Morgan fingerprint density at radius 3 is 2.48 bits per heavy atom. The van der Waals surface area contributed by atoms with Crippen LogP contribution in [0.4, 0.5) is 5.69 Å². The summed E-state index contributed by atoms with van der Waals surface area (Å²) in [6.45, 7) is 2.67. The highest BCUT2D eigenvalue weighted by molar-refractivity contribution is 6.30. The number of piperazine rings is 1. The summed E-state index contributed by atoms with van der Waals surface area (Å²) in [5.74, 6) is 0.277. The van der Waals surface area contributed by atoms with Crippen molar-refractivity contribution in [2.45, 2.75) is 0 Å². The van der Waals surface area contributed by atoms with Crippen molar-refractivity contribution in [2.24, 2.45) is 0 Å². The Balaban J connectivity index is 1.41. The number of aromatic amines is 1. The number of H-pyrrole nitrogens is 1. The zero-order valence-electron chi connectivity index (χ0n) is 14.4. The molecular weight excluding hydrogens is 368 g/mol. The largest absolute Gasteiger partial charge is 0.368 e. The van der Waals surface area contributed by atoms with Crippen LogP contribution in [0.15, 0.2) is 58.0 Å². The van der Waals surface area contributed by atoms with Crippen molar-refractivity contribution >= 4 is 23.2 Å². The molecule has 138 valence electrons. The number of benzene rings is 1. The topological polar surface area (TPSA) is 82.4 Å². The summed E-state index contributed by atoms with van der Waals surface area (Å²) in [4.78, 5) is 30.4. The fourth-order valence-corrected chi connectivity index (χ4v) is 3.18. The van der Waals surface area contributed by atoms with Crippen molar-refractivity contribution in [3.63, 3.8) is 0 Å². The van der Waals surface area contributed by atoms with Crippen molar-refractivity contribution in [3.8, 4) is 11.3 Å². The van der Waals surface area contributed by atoms with Gasteiger partial charge < -0.3 is 19.3 Å². The zero-order valence-corrected chi connectivity index (χ0v) is 15.1. The molecule has 0 saturated carbocycles. The lowest BCUT2D eigenvalue weighted by Gasteiger charge is -2.35. The smallest absolute Gasteiger partial charge is 0.276 e. The molecule has 7 nitrogen and oxygen atoms in total. The Kier molecular flexibility index (Phi) is 4.68. The van der Waals surface area contributed by atoms with Gasteiger partial charge in [0.25, 0.3) is 5.91 Å². The molecule has 4 rings (SSSR count). The first-order chi connectivity index (χ1) is 13.1. The van der Waals surface area contributed by atoms with Crippen LogP contribution in [0.5, 0.6) is 0 Å². The number of hydrogen-bond acceptors (Lipinski definition) is 5. The molecule has 1 aromatic carbocycles. The number of pyridine rings is 1. The number of amides is 1. The van der Waals surface area contributed by atoms with E-state index in [4.69, 9.17) is 16.1 Å². The summed E-state index contributed by atoms with van der Waals surface area (Å²) in [7, 11) is 0. The molecule has 1 aliphatic heterocycles. The van der Waals surface area contributed by atoms with Gasteiger partial charge in [0, 0.05) is 60.8 Å². The molecular formula is C19H17ClN4O3. The highest BCUT2D eigenvalue weighted by Crippen LogP contribution is 2.22. The van der Waals surface area contributed by atoms with E-state index in [1.807, 2.05) is 24.3 Å². The standard InChI is InChI=1S/C19H17ClN4O3/c20-14-2-4-15(5-3-14)23-7-9-24(10-8-23)19(26)16-11-17(27-22-16)13-1-6-18(25)21-12-13/h1-6,11-12H,7-10H2,(H,21,25). The Morgan fingerprint density at radius 2 is 1.81 bits per heavy atom. The Bertz CT molecular complexity index is 984. The fourth-order valence-electron chi connectivity index (χ4n) is 3.06. The highest BCUT2D eigenvalue weighted by atomic mass is 35.5. The minimum Gasteiger partial charge on any atom is -0.368 e. The zero-order chi connectivity index (χ0) is 18.8. The molecule has 1 N–H and O–H groups in total. The van der Waals surface area contributed by atoms with Crippen molar-refractivity contribution in [2.75, 3.05) is 31.1 Å². The Hall–Kier alpha value is -3.06. The first kappa shape index (κ1) is 17.4. The van der Waals surface area contributed by atoms with Crippen molar-refractivity contribution in [3.05, 3.63) is 69.7 Å². The van der Waals surface area contributed by atoms with Gasteiger partial charge >= 0.3 is 0 Å². The van der Waals surface area contributed by atoms with Crippen LogP contribution in [0.3, 0.4) is 0 Å². The van der Waals surface area contributed by atoms with Gasteiger partial charge in [-0.05, 0) is 30.3 Å². The second-order valence-corrected chi connectivity index (χ2v) is 6.71. The molecule has 8 heteroatoms. The Morgan fingerprint density at radius 1 is 1.07 bits per heavy atom. The van der Waals surface area contributed by atoms with Crippen LogP contribution in [-0.4, -0.2) is 47.1 Å². The molecule has 0 unspecified atom stereocenters. The number of anilines is 1. The molecule has 1 saturated heterocycles. The molecule has 3 aromatic rings. The molecule has 0 bridgehead atoms. The molecule has 1 amide bonds. The summed E-state index contributed by atoms with van der Waals surface area (Å²) in [5, 5.41) is 4.60. The molecule has 1 aliphatic rings. The fraction of sp³-hybridized carbons (Fsp3) is 0.211. The molecule has 0 spiro atoms. The van der Waals surface area contributed by atoms with Crippen LogP contribution in [-0.2, 0) is 0 Å². The maximum absolute atomic E-state index is 12.7. The van der Waals surface area contributed by atoms with Crippen molar-refractivity contribution < 1.29 is 9.32 Å². The number of hydrogen-bond donors (Lipinski definition) is 1. The maximum atomic E-state index is 12.7. The van der Waals surface area contributed by atoms with E-state index in [1.54, 1.807) is 17.0 Å². The number of carbonyl (C=O) groups excluding carboxylic acids is 1. The molecule has 0 radical (unpaired) electrons. The van der Waals surface area contributed by atoms with Crippen LogP contribution in [0.2, 0.25) is 5.02 Å². The van der Waals surface area contributed by atoms with Gasteiger partial charge in [0.1, 0.15) is 0 Å². The van der Waals surface area contributed by atoms with E-state index >= 15 is 0 Å². The van der Waals surface area contributed by atoms with Gasteiger partial charge in [0.05, 0.1) is 0 Å². The van der Waals surface area contributed by atoms with Gasteiger partial charge in [0.2, 0.25) is 5.56 Å². The number of nitrogens with one attached hydrogen (secondary N) is 1. The Labute approximate surface area is 160 Å². The normalized spacial score (nSPS) is 14.4. The first-order valence-electron chi connectivity index (χ1n) is 8.56. The molecule has 3 heterocycles. The third kappa shape index (κ3) is 3.73. The number of halogens is 1. The summed E-state index contributed by atoms with van der Waals surface area (Å²) in [5.41, 5.74) is 1.81. The minimum absolute atomic E-state index is 0.162. The van der Waals surface area contributed by atoms with Gasteiger partial charge in [0.15, 0.2) is 11.5 Å². The van der Waals surface area contributed by atoms with E-state index in [2.05, 4.69) is 15.0 Å². The van der Waals surface area contributed by atoms with Gasteiger partial charge in [-0.2, -0.15) is 0 Å². The quantitative estimate of drug-likeness (QED) is 0.750. The van der Waals surface area contributed by atoms with Crippen LogP contribution in [0.25, 0.3) is 11.3 Å². The second-order valence-electron chi connectivity index (χ2n) is 6.27. The minimum atomic E-state index is -0.201. The van der Waals surface area contributed by atoms with Crippen molar-refractivity contribution in [1.29, 1.82) is 0 Å². The number of carbonyl (C=O) groups is 1. The van der Waals surface area contributed by atoms with Crippen LogP contribution < -0.4 is 10.5 Å². The SMILES string of the molecule is O=C(c1cc(-c2ccc(=O)[nH]c2)on1)N1CCN(c2ccc(Cl)cc2)CC1. The van der Waals surface area contributed by atoms with Gasteiger partial charge in [-0.3, -0.25) is 9.59 Å².